The standard InChI is InChI=1S/C23H21NO4S/c1-28-23(27)24(16(13-21(25)26)12-15-10-11-29-14-15)22-19-8-4-2-6-17(19)18-7-3-5-9-20(18)22/h2-11,14,16,22H,12-13H2,1H3,(H,25,26). The zero-order chi connectivity index (χ0) is 20.4. The first-order valence-electron chi connectivity index (χ1n) is 9.37. The van der Waals surface area contributed by atoms with E-state index in [-0.39, 0.29) is 6.42 Å². The molecule has 1 aliphatic rings. The van der Waals surface area contributed by atoms with Crippen LogP contribution < -0.4 is 0 Å². The summed E-state index contributed by atoms with van der Waals surface area (Å²) < 4.78 is 5.13. The molecule has 3 aromatic rings. The number of methoxy groups -OCH3 is 1. The second-order valence-electron chi connectivity index (χ2n) is 7.04. The summed E-state index contributed by atoms with van der Waals surface area (Å²) in [6.45, 7) is 0. The number of aliphatic carboxylic acids is 1. The first-order chi connectivity index (χ1) is 14.1. The summed E-state index contributed by atoms with van der Waals surface area (Å²) in [5, 5.41) is 13.5. The van der Waals surface area contributed by atoms with Gasteiger partial charge in [-0.1, -0.05) is 48.5 Å². The van der Waals surface area contributed by atoms with Crippen LogP contribution in [0.25, 0.3) is 11.1 Å². The van der Waals surface area contributed by atoms with Gasteiger partial charge in [-0.05, 0) is 51.1 Å². The number of fused-ring (bicyclic) bond motifs is 3. The molecule has 0 spiro atoms. The topological polar surface area (TPSA) is 66.8 Å². The Bertz CT molecular complexity index is 985. The molecule has 0 bridgehead atoms. The predicted octanol–water partition coefficient (Wildman–Crippen LogP) is 4.97. The Morgan fingerprint density at radius 2 is 1.69 bits per heavy atom. The maximum Gasteiger partial charge on any atom is 0.410 e. The average molecular weight is 407 g/mol. The van der Waals surface area contributed by atoms with Gasteiger partial charge in [0, 0.05) is 0 Å². The van der Waals surface area contributed by atoms with Gasteiger partial charge in [-0.2, -0.15) is 11.3 Å². The van der Waals surface area contributed by atoms with Crippen molar-refractivity contribution in [1.82, 2.24) is 4.90 Å². The fraction of sp³-hybridized carbons (Fsp3) is 0.217. The van der Waals surface area contributed by atoms with E-state index in [9.17, 15) is 14.7 Å². The number of carboxylic acids is 1. The molecule has 0 radical (unpaired) electrons. The molecular formula is C23H21NO4S. The van der Waals surface area contributed by atoms with Crippen molar-refractivity contribution in [2.24, 2.45) is 0 Å². The number of amides is 1. The molecule has 1 heterocycles. The van der Waals surface area contributed by atoms with Gasteiger partial charge in [0.15, 0.2) is 0 Å². The third-order valence-corrected chi connectivity index (χ3v) is 6.05. The molecule has 1 aromatic heterocycles. The number of carbonyl (C=O) groups excluding carboxylic acids is 1. The number of carbonyl (C=O) groups is 2. The van der Waals surface area contributed by atoms with Crippen molar-refractivity contribution >= 4 is 23.4 Å². The molecule has 4 rings (SSSR count). The normalized spacial score (nSPS) is 13.4. The minimum atomic E-state index is -0.946. The Labute approximate surface area is 173 Å². The first kappa shape index (κ1) is 19.2. The number of thiophene rings is 1. The van der Waals surface area contributed by atoms with Crippen LogP contribution in [0.5, 0.6) is 0 Å². The van der Waals surface area contributed by atoms with Crippen LogP contribution in [-0.4, -0.2) is 35.2 Å². The highest BCUT2D eigenvalue weighted by Gasteiger charge is 2.40. The summed E-state index contributed by atoms with van der Waals surface area (Å²) in [6, 6.07) is 16.9. The Balaban J connectivity index is 1.84. The predicted molar refractivity (Wildman–Crippen MR) is 112 cm³/mol. The molecule has 1 aliphatic carbocycles. The van der Waals surface area contributed by atoms with Crippen LogP contribution in [0.3, 0.4) is 0 Å². The molecule has 1 N–H and O–H groups in total. The third kappa shape index (κ3) is 3.63. The van der Waals surface area contributed by atoms with Crippen molar-refractivity contribution < 1.29 is 19.4 Å². The van der Waals surface area contributed by atoms with E-state index < -0.39 is 24.1 Å². The van der Waals surface area contributed by atoms with Gasteiger partial charge in [0.1, 0.15) is 0 Å². The van der Waals surface area contributed by atoms with Crippen molar-refractivity contribution in [3.63, 3.8) is 0 Å². The number of hydrogen-bond acceptors (Lipinski definition) is 4. The molecule has 0 saturated carbocycles. The quantitative estimate of drug-likeness (QED) is 0.626. The second kappa shape index (κ2) is 8.09. The minimum Gasteiger partial charge on any atom is -0.481 e. The summed E-state index contributed by atoms with van der Waals surface area (Å²) in [4.78, 5) is 26.3. The Morgan fingerprint density at radius 1 is 1.07 bits per heavy atom. The van der Waals surface area contributed by atoms with Gasteiger partial charge in [-0.3, -0.25) is 9.69 Å². The van der Waals surface area contributed by atoms with Crippen LogP contribution in [0, 0.1) is 0 Å². The maximum atomic E-state index is 13.0. The Hall–Kier alpha value is -3.12. The van der Waals surface area contributed by atoms with E-state index in [1.807, 2.05) is 65.4 Å². The van der Waals surface area contributed by atoms with Crippen LogP contribution in [0.15, 0.2) is 65.4 Å². The largest absolute Gasteiger partial charge is 0.481 e. The molecule has 5 nitrogen and oxygen atoms in total. The van der Waals surface area contributed by atoms with E-state index in [0.29, 0.717) is 6.42 Å². The number of hydrogen-bond donors (Lipinski definition) is 1. The molecule has 0 fully saturated rings. The summed E-state index contributed by atoms with van der Waals surface area (Å²) >= 11 is 1.55. The molecule has 0 saturated heterocycles. The van der Waals surface area contributed by atoms with E-state index >= 15 is 0 Å². The highest BCUT2D eigenvalue weighted by molar-refractivity contribution is 7.07. The van der Waals surface area contributed by atoms with Crippen LogP contribution in [0.2, 0.25) is 0 Å². The van der Waals surface area contributed by atoms with Crippen molar-refractivity contribution in [1.29, 1.82) is 0 Å². The van der Waals surface area contributed by atoms with Crippen LogP contribution >= 0.6 is 11.3 Å². The first-order valence-corrected chi connectivity index (χ1v) is 10.3. The molecule has 148 valence electrons. The van der Waals surface area contributed by atoms with Crippen molar-refractivity contribution in [2.45, 2.75) is 24.9 Å². The molecular weight excluding hydrogens is 386 g/mol. The molecule has 1 atom stereocenters. The third-order valence-electron chi connectivity index (χ3n) is 5.32. The SMILES string of the molecule is COC(=O)N(C(CC(=O)O)Cc1ccsc1)C1c2ccccc2-c2ccccc21. The molecule has 0 aliphatic heterocycles. The lowest BCUT2D eigenvalue weighted by Gasteiger charge is -2.35. The molecule has 2 aromatic carbocycles. The van der Waals surface area contributed by atoms with Crippen LogP contribution in [0.4, 0.5) is 4.79 Å². The Morgan fingerprint density at radius 3 is 2.21 bits per heavy atom. The minimum absolute atomic E-state index is 0.161. The van der Waals surface area contributed by atoms with Gasteiger partial charge < -0.3 is 9.84 Å². The highest BCUT2D eigenvalue weighted by Crippen LogP contribution is 2.47. The zero-order valence-corrected chi connectivity index (χ0v) is 16.8. The fourth-order valence-corrected chi connectivity index (χ4v) is 4.83. The number of benzene rings is 2. The van der Waals surface area contributed by atoms with Gasteiger partial charge in [0.2, 0.25) is 0 Å². The fourth-order valence-electron chi connectivity index (χ4n) is 4.15. The second-order valence-corrected chi connectivity index (χ2v) is 7.82. The van der Waals surface area contributed by atoms with Crippen molar-refractivity contribution in [3.8, 4) is 11.1 Å². The smallest absolute Gasteiger partial charge is 0.410 e. The van der Waals surface area contributed by atoms with E-state index in [1.54, 1.807) is 16.2 Å². The summed E-state index contributed by atoms with van der Waals surface area (Å²) in [5.41, 5.74) is 5.10. The van der Waals surface area contributed by atoms with Gasteiger partial charge in [0.25, 0.3) is 0 Å². The van der Waals surface area contributed by atoms with Crippen molar-refractivity contribution in [2.75, 3.05) is 7.11 Å². The summed E-state index contributed by atoms with van der Waals surface area (Å²) in [5.74, 6) is -0.946. The van der Waals surface area contributed by atoms with E-state index in [0.717, 1.165) is 27.8 Å². The van der Waals surface area contributed by atoms with Crippen LogP contribution in [-0.2, 0) is 16.0 Å². The van der Waals surface area contributed by atoms with Crippen LogP contribution in [0.1, 0.15) is 29.2 Å². The monoisotopic (exact) mass is 407 g/mol. The average Bonchev–Trinajstić information content (AvgIpc) is 3.34. The summed E-state index contributed by atoms with van der Waals surface area (Å²) in [6.07, 6.45) is -0.236. The lowest BCUT2D eigenvalue weighted by Crippen LogP contribution is -2.45. The number of carboxylic acid groups (broad SMARTS) is 1. The number of ether oxygens (including phenoxy) is 1. The van der Waals surface area contributed by atoms with E-state index in [2.05, 4.69) is 0 Å². The van der Waals surface area contributed by atoms with Gasteiger partial charge >= 0.3 is 12.1 Å². The molecule has 29 heavy (non-hydrogen) atoms. The molecule has 1 unspecified atom stereocenters. The number of rotatable bonds is 6. The zero-order valence-electron chi connectivity index (χ0n) is 15.9. The lowest BCUT2D eigenvalue weighted by atomic mass is 9.97. The molecule has 6 heteroatoms. The summed E-state index contributed by atoms with van der Waals surface area (Å²) in [7, 11) is 1.34. The van der Waals surface area contributed by atoms with Gasteiger partial charge in [-0.25, -0.2) is 4.79 Å². The lowest BCUT2D eigenvalue weighted by molar-refractivity contribution is -0.138. The van der Waals surface area contributed by atoms with E-state index in [1.165, 1.54) is 7.11 Å². The Kier molecular flexibility index (Phi) is 5.36. The maximum absolute atomic E-state index is 13.0. The van der Waals surface area contributed by atoms with Gasteiger partial charge in [-0.15, -0.1) is 0 Å². The highest BCUT2D eigenvalue weighted by atomic mass is 32.1. The van der Waals surface area contributed by atoms with E-state index in [4.69, 9.17) is 4.74 Å². The van der Waals surface area contributed by atoms with Gasteiger partial charge in [0.05, 0.1) is 25.6 Å². The number of nitrogens with zero attached hydrogens (tertiary/aromatic N) is 1. The van der Waals surface area contributed by atoms with Crippen molar-refractivity contribution in [3.05, 3.63) is 82.0 Å². The molecule has 1 amide bonds.